The highest BCUT2D eigenvalue weighted by Crippen LogP contribution is 1.85. The molecule has 2 unspecified atom stereocenters. The zero-order chi connectivity index (χ0) is 10.1. The maximum Gasteiger partial charge on any atom is 0.327 e. The Kier molecular flexibility index (Phi) is 9.32. The van der Waals surface area contributed by atoms with Gasteiger partial charge in [0.25, 0.3) is 0 Å². The Morgan fingerprint density at radius 2 is 2.00 bits per heavy atom. The van der Waals surface area contributed by atoms with Crippen molar-refractivity contribution in [1.29, 1.82) is 0 Å². The number of aliphatic carboxylic acids is 1. The monoisotopic (exact) mass is 177 g/mol. The standard InChI is InChI=1S/C4H11NO2.C3H4O2/c1-3(6)4(7)2-5;1-2-3(4)5/h3-4,6-7H,2,5H2,1H3;2H,1H2,(H,4,5). The normalized spacial score (nSPS) is 13.7. The fraction of sp³-hybridized carbons (Fsp3) is 0.571. The molecule has 2 atom stereocenters. The van der Waals surface area contributed by atoms with Gasteiger partial charge in [0, 0.05) is 12.6 Å². The average molecular weight is 177 g/mol. The van der Waals surface area contributed by atoms with E-state index >= 15 is 0 Å². The van der Waals surface area contributed by atoms with E-state index in [1.807, 2.05) is 0 Å². The maximum atomic E-state index is 9.25. The summed E-state index contributed by atoms with van der Waals surface area (Å²) in [7, 11) is 0. The summed E-state index contributed by atoms with van der Waals surface area (Å²) in [6.07, 6.45) is -0.634. The van der Waals surface area contributed by atoms with Gasteiger partial charge in [-0.2, -0.15) is 0 Å². The molecule has 0 heterocycles. The van der Waals surface area contributed by atoms with Gasteiger partial charge in [-0.1, -0.05) is 6.58 Å². The van der Waals surface area contributed by atoms with Crippen molar-refractivity contribution in [3.8, 4) is 0 Å². The van der Waals surface area contributed by atoms with Crippen LogP contribution < -0.4 is 5.73 Å². The topological polar surface area (TPSA) is 104 Å². The molecule has 0 aromatic carbocycles. The Balaban J connectivity index is 0. The third-order valence-electron chi connectivity index (χ3n) is 0.973. The Bertz CT molecular complexity index is 135. The van der Waals surface area contributed by atoms with Crippen molar-refractivity contribution >= 4 is 5.97 Å². The highest BCUT2D eigenvalue weighted by molar-refractivity contribution is 5.78. The zero-order valence-corrected chi connectivity index (χ0v) is 6.97. The molecule has 5 nitrogen and oxygen atoms in total. The van der Waals surface area contributed by atoms with Gasteiger partial charge in [0.1, 0.15) is 0 Å². The molecule has 0 amide bonds. The molecule has 0 saturated carbocycles. The van der Waals surface area contributed by atoms with Gasteiger partial charge < -0.3 is 21.1 Å². The van der Waals surface area contributed by atoms with Crippen molar-refractivity contribution in [2.45, 2.75) is 19.1 Å². The zero-order valence-electron chi connectivity index (χ0n) is 6.97. The van der Waals surface area contributed by atoms with Crippen LogP contribution in [0.15, 0.2) is 12.7 Å². The number of aliphatic hydroxyl groups excluding tert-OH is 2. The number of aliphatic hydroxyl groups is 2. The van der Waals surface area contributed by atoms with Crippen LogP contribution in [0.1, 0.15) is 6.92 Å². The first-order valence-corrected chi connectivity index (χ1v) is 3.37. The van der Waals surface area contributed by atoms with Crippen LogP contribution in [-0.2, 0) is 4.79 Å². The van der Waals surface area contributed by atoms with E-state index in [2.05, 4.69) is 6.58 Å². The van der Waals surface area contributed by atoms with E-state index in [1.165, 1.54) is 6.92 Å². The third-order valence-corrected chi connectivity index (χ3v) is 0.973. The summed E-state index contributed by atoms with van der Waals surface area (Å²) in [6.45, 7) is 4.58. The van der Waals surface area contributed by atoms with Gasteiger partial charge in [0.15, 0.2) is 0 Å². The Morgan fingerprint density at radius 1 is 1.67 bits per heavy atom. The minimum absolute atomic E-state index is 0.123. The van der Waals surface area contributed by atoms with Gasteiger partial charge in [0.05, 0.1) is 12.2 Å². The van der Waals surface area contributed by atoms with E-state index in [-0.39, 0.29) is 6.54 Å². The summed E-state index contributed by atoms with van der Waals surface area (Å²) in [5, 5.41) is 24.7. The lowest BCUT2D eigenvalue weighted by Crippen LogP contribution is -2.30. The second-order valence-electron chi connectivity index (χ2n) is 2.09. The van der Waals surface area contributed by atoms with Gasteiger partial charge >= 0.3 is 5.97 Å². The first-order chi connectivity index (χ1) is 5.45. The molecule has 12 heavy (non-hydrogen) atoms. The van der Waals surface area contributed by atoms with Gasteiger partial charge in [-0.05, 0) is 6.92 Å². The highest BCUT2D eigenvalue weighted by atomic mass is 16.4. The van der Waals surface area contributed by atoms with Crippen molar-refractivity contribution < 1.29 is 20.1 Å². The smallest absolute Gasteiger partial charge is 0.327 e. The lowest BCUT2D eigenvalue weighted by atomic mass is 10.2. The first-order valence-electron chi connectivity index (χ1n) is 3.37. The number of carboxylic acids is 1. The van der Waals surface area contributed by atoms with E-state index in [9.17, 15) is 4.79 Å². The number of hydrogen-bond donors (Lipinski definition) is 4. The fourth-order valence-corrected chi connectivity index (χ4v) is 0.197. The highest BCUT2D eigenvalue weighted by Gasteiger charge is 2.05. The molecule has 0 aromatic heterocycles. The van der Waals surface area contributed by atoms with Crippen LogP contribution >= 0.6 is 0 Å². The SMILES string of the molecule is C=CC(=O)O.CC(O)C(O)CN. The molecule has 0 aliphatic carbocycles. The Hall–Kier alpha value is -0.910. The van der Waals surface area contributed by atoms with Crippen molar-refractivity contribution in [2.75, 3.05) is 6.54 Å². The Labute approximate surface area is 71.1 Å². The van der Waals surface area contributed by atoms with Crippen molar-refractivity contribution in [3.63, 3.8) is 0 Å². The summed E-state index contributed by atoms with van der Waals surface area (Å²) in [6, 6.07) is 0. The summed E-state index contributed by atoms with van der Waals surface area (Å²) < 4.78 is 0. The molecule has 0 fully saturated rings. The number of nitrogens with two attached hydrogens (primary N) is 1. The minimum atomic E-state index is -0.981. The molecule has 0 rings (SSSR count). The molecule has 0 spiro atoms. The average Bonchev–Trinajstić information content (AvgIpc) is 2.04. The second-order valence-corrected chi connectivity index (χ2v) is 2.09. The number of hydrogen-bond acceptors (Lipinski definition) is 4. The van der Waals surface area contributed by atoms with Gasteiger partial charge in [0.2, 0.25) is 0 Å². The summed E-state index contributed by atoms with van der Waals surface area (Å²) >= 11 is 0. The number of rotatable bonds is 3. The predicted molar refractivity (Wildman–Crippen MR) is 44.6 cm³/mol. The molecule has 0 bridgehead atoms. The fourth-order valence-electron chi connectivity index (χ4n) is 0.197. The molecule has 0 radical (unpaired) electrons. The van der Waals surface area contributed by atoms with Gasteiger partial charge in [-0.25, -0.2) is 4.79 Å². The van der Waals surface area contributed by atoms with E-state index in [0.717, 1.165) is 6.08 Å². The van der Waals surface area contributed by atoms with Crippen LogP contribution in [0.5, 0.6) is 0 Å². The van der Waals surface area contributed by atoms with Crippen LogP contribution in [0, 0.1) is 0 Å². The maximum absolute atomic E-state index is 9.25. The van der Waals surface area contributed by atoms with Crippen molar-refractivity contribution in [2.24, 2.45) is 5.73 Å². The molecule has 5 heteroatoms. The molecule has 0 aromatic rings. The lowest BCUT2D eigenvalue weighted by Gasteiger charge is -2.08. The number of carbonyl (C=O) groups is 1. The molecule has 0 aliphatic rings. The quantitative estimate of drug-likeness (QED) is 0.411. The van der Waals surface area contributed by atoms with Gasteiger partial charge in [-0.3, -0.25) is 0 Å². The summed E-state index contributed by atoms with van der Waals surface area (Å²) in [5.74, 6) is -0.981. The number of carboxylic acid groups (broad SMARTS) is 1. The van der Waals surface area contributed by atoms with E-state index in [1.54, 1.807) is 0 Å². The van der Waals surface area contributed by atoms with Crippen molar-refractivity contribution in [3.05, 3.63) is 12.7 Å². The largest absolute Gasteiger partial charge is 0.478 e. The van der Waals surface area contributed by atoms with E-state index in [4.69, 9.17) is 21.1 Å². The minimum Gasteiger partial charge on any atom is -0.478 e. The van der Waals surface area contributed by atoms with E-state index < -0.39 is 18.2 Å². The molecule has 5 N–H and O–H groups in total. The van der Waals surface area contributed by atoms with Crippen LogP contribution in [0.3, 0.4) is 0 Å². The molecule has 0 aliphatic heterocycles. The molecular formula is C7H15NO4. The first kappa shape index (κ1) is 13.7. The van der Waals surface area contributed by atoms with Gasteiger partial charge in [-0.15, -0.1) is 0 Å². The third kappa shape index (κ3) is 11.8. The van der Waals surface area contributed by atoms with Crippen LogP contribution in [0.4, 0.5) is 0 Å². The second kappa shape index (κ2) is 8.19. The summed E-state index contributed by atoms with van der Waals surface area (Å²) in [4.78, 5) is 9.25. The molecule has 0 saturated heterocycles. The van der Waals surface area contributed by atoms with Crippen LogP contribution in [0.2, 0.25) is 0 Å². The van der Waals surface area contributed by atoms with E-state index in [0.29, 0.717) is 0 Å². The molecular weight excluding hydrogens is 162 g/mol. The Morgan fingerprint density at radius 3 is 2.00 bits per heavy atom. The van der Waals surface area contributed by atoms with Crippen LogP contribution in [-0.4, -0.2) is 40.0 Å². The van der Waals surface area contributed by atoms with Crippen molar-refractivity contribution in [1.82, 2.24) is 0 Å². The summed E-state index contributed by atoms with van der Waals surface area (Å²) in [5.41, 5.74) is 4.96. The predicted octanol–water partition coefficient (Wildman–Crippen LogP) is -1.06. The van der Waals surface area contributed by atoms with Crippen LogP contribution in [0.25, 0.3) is 0 Å². The lowest BCUT2D eigenvalue weighted by molar-refractivity contribution is -0.131. The molecule has 72 valence electrons.